The van der Waals surface area contributed by atoms with Gasteiger partial charge in [0.05, 0.1) is 0 Å². The second-order valence-electron chi connectivity index (χ2n) is 2.35. The summed E-state index contributed by atoms with van der Waals surface area (Å²) in [6, 6.07) is 3.33. The van der Waals surface area contributed by atoms with E-state index < -0.39 is 0 Å². The molecule has 2 aromatic heterocycles. The summed E-state index contributed by atoms with van der Waals surface area (Å²) in [6.07, 6.45) is 3.69. The van der Waals surface area contributed by atoms with Gasteiger partial charge in [-0.1, -0.05) is 4.73 Å². The molecule has 5 nitrogen and oxygen atoms in total. The van der Waals surface area contributed by atoms with Crippen molar-refractivity contribution in [3.63, 3.8) is 0 Å². The number of pyridine rings is 1. The van der Waals surface area contributed by atoms with Crippen LogP contribution in [0.3, 0.4) is 0 Å². The Balaban J connectivity index is 2.89. The number of fused-ring (bicyclic) bond motifs is 1. The van der Waals surface area contributed by atoms with Gasteiger partial charge in [-0.05, 0) is 12.1 Å². The van der Waals surface area contributed by atoms with E-state index in [1.165, 1.54) is 12.4 Å². The minimum Gasteiger partial charge on any atom is -0.614 e. The van der Waals surface area contributed by atoms with Crippen molar-refractivity contribution in [1.29, 1.82) is 0 Å². The molecule has 12 heavy (non-hydrogen) atoms. The summed E-state index contributed by atoms with van der Waals surface area (Å²) < 4.78 is 0.902. The fourth-order valence-corrected chi connectivity index (χ4v) is 1.02. The van der Waals surface area contributed by atoms with Crippen LogP contribution in [0.1, 0.15) is 0 Å². The van der Waals surface area contributed by atoms with Gasteiger partial charge < -0.3 is 10.4 Å². The Morgan fingerprint density at radius 3 is 3.00 bits per heavy atom. The van der Waals surface area contributed by atoms with E-state index in [1.54, 1.807) is 12.1 Å². The molecule has 0 aliphatic heterocycles. The predicted molar refractivity (Wildman–Crippen MR) is 39.7 cm³/mol. The second kappa shape index (κ2) is 2.30. The van der Waals surface area contributed by atoms with Crippen molar-refractivity contribution in [2.75, 3.05) is 0 Å². The van der Waals surface area contributed by atoms with Crippen LogP contribution in [0, 0.1) is 10.4 Å². The second-order valence-corrected chi connectivity index (χ2v) is 2.35. The third-order valence-corrected chi connectivity index (χ3v) is 1.51. The van der Waals surface area contributed by atoms with Gasteiger partial charge in [-0.15, -0.1) is 4.73 Å². The summed E-state index contributed by atoms with van der Waals surface area (Å²) in [4.78, 5) is 3.82. The summed E-state index contributed by atoms with van der Waals surface area (Å²) in [7, 11) is 0. The van der Waals surface area contributed by atoms with Crippen LogP contribution in [0.5, 0.6) is 0 Å². The zero-order chi connectivity index (χ0) is 8.55. The maximum atomic E-state index is 11.0. The van der Waals surface area contributed by atoms with E-state index >= 15 is 0 Å². The number of aromatic nitrogens is 3. The molecule has 0 spiro atoms. The molecule has 60 valence electrons. The third-order valence-electron chi connectivity index (χ3n) is 1.51. The van der Waals surface area contributed by atoms with E-state index in [0.717, 1.165) is 6.33 Å². The summed E-state index contributed by atoms with van der Waals surface area (Å²) >= 11 is 0. The molecule has 0 saturated heterocycles. The number of hydrogen-bond donors (Lipinski definition) is 0. The van der Waals surface area contributed by atoms with Crippen LogP contribution in [-0.4, -0.2) is 4.98 Å². The van der Waals surface area contributed by atoms with Gasteiger partial charge in [0, 0.05) is 6.20 Å². The molecule has 0 N–H and O–H groups in total. The minimum atomic E-state index is 0.254. The maximum absolute atomic E-state index is 11.0. The highest BCUT2D eigenvalue weighted by molar-refractivity contribution is 5.68. The van der Waals surface area contributed by atoms with E-state index in [9.17, 15) is 10.4 Å². The minimum absolute atomic E-state index is 0.254. The first-order valence-electron chi connectivity index (χ1n) is 3.34. The van der Waals surface area contributed by atoms with Gasteiger partial charge in [-0.25, -0.2) is 0 Å². The van der Waals surface area contributed by atoms with Gasteiger partial charge in [0.25, 0.3) is 0 Å². The van der Waals surface area contributed by atoms with Crippen LogP contribution in [0.4, 0.5) is 0 Å². The molecule has 0 saturated carbocycles. The number of hydrogen-bond acceptors (Lipinski definition) is 3. The molecule has 0 fully saturated rings. The Kier molecular flexibility index (Phi) is 1.30. The molecule has 5 heteroatoms. The first kappa shape index (κ1) is 6.78. The Labute approximate surface area is 67.7 Å². The van der Waals surface area contributed by atoms with Gasteiger partial charge in [0.2, 0.25) is 6.20 Å². The molecule has 0 atom stereocenters. The van der Waals surface area contributed by atoms with E-state index in [4.69, 9.17) is 0 Å². The average Bonchev–Trinajstić information content (AvgIpc) is 2.04. The summed E-state index contributed by atoms with van der Waals surface area (Å²) in [5.74, 6) is 0. The lowest BCUT2D eigenvalue weighted by atomic mass is 10.3. The molecule has 0 aliphatic rings. The molecule has 0 aliphatic carbocycles. The predicted octanol–water partition coefficient (Wildman–Crippen LogP) is -0.498. The highest BCUT2D eigenvalue weighted by atomic mass is 16.5. The topological polar surface area (TPSA) is 66.8 Å². The zero-order valence-electron chi connectivity index (χ0n) is 6.04. The van der Waals surface area contributed by atoms with Crippen molar-refractivity contribution in [2.24, 2.45) is 0 Å². The summed E-state index contributed by atoms with van der Waals surface area (Å²) in [6.45, 7) is 0. The Hall–Kier alpha value is -1.91. The molecular weight excluding hydrogens is 158 g/mol. The van der Waals surface area contributed by atoms with E-state index in [1.807, 2.05) is 0 Å². The largest absolute Gasteiger partial charge is 0.614 e. The smallest absolute Gasteiger partial charge is 0.431 e. The van der Waals surface area contributed by atoms with Crippen LogP contribution in [0.2, 0.25) is 0 Å². The lowest BCUT2D eigenvalue weighted by Gasteiger charge is -1.98. The Bertz CT molecular complexity index is 430. The van der Waals surface area contributed by atoms with E-state index in [-0.39, 0.29) is 5.65 Å². The van der Waals surface area contributed by atoms with Crippen molar-refractivity contribution >= 4 is 11.0 Å². The van der Waals surface area contributed by atoms with Gasteiger partial charge in [-0.2, -0.15) is 4.98 Å². The van der Waals surface area contributed by atoms with E-state index in [0.29, 0.717) is 14.8 Å². The molecule has 0 bridgehead atoms. The van der Waals surface area contributed by atoms with Crippen molar-refractivity contribution < 1.29 is 9.46 Å². The van der Waals surface area contributed by atoms with E-state index in [2.05, 4.69) is 4.98 Å². The Morgan fingerprint density at radius 2 is 2.17 bits per heavy atom. The molecular formula is C7H5N3O2. The lowest BCUT2D eigenvalue weighted by Crippen LogP contribution is -2.40. The first-order valence-corrected chi connectivity index (χ1v) is 3.34. The fraction of sp³-hybridized carbons (Fsp3) is 0. The number of rotatable bonds is 0. The molecule has 0 aromatic carbocycles. The summed E-state index contributed by atoms with van der Waals surface area (Å²) in [5, 5.41) is 22.3. The summed E-state index contributed by atoms with van der Waals surface area (Å²) in [5.41, 5.74) is 0.254. The van der Waals surface area contributed by atoms with Crippen LogP contribution < -0.4 is 9.46 Å². The molecule has 0 amide bonds. The highest BCUT2D eigenvalue weighted by Crippen LogP contribution is 2.00. The van der Waals surface area contributed by atoms with Gasteiger partial charge in [0.1, 0.15) is 5.39 Å². The zero-order valence-corrected chi connectivity index (χ0v) is 6.04. The lowest BCUT2D eigenvalue weighted by molar-refractivity contribution is -0.731. The average molecular weight is 163 g/mol. The standard InChI is InChI=1S/C7H5N3O2/c11-9-4-6-2-1-3-8-7(6)10(12)5-9/h1-5H. The van der Waals surface area contributed by atoms with Crippen LogP contribution in [0.25, 0.3) is 11.0 Å². The van der Waals surface area contributed by atoms with Crippen LogP contribution in [-0.2, 0) is 0 Å². The first-order chi connectivity index (χ1) is 5.77. The SMILES string of the molecule is [O-][n+]1cc2cccnc2[n+]([O-])c1. The van der Waals surface area contributed by atoms with Crippen molar-refractivity contribution in [1.82, 2.24) is 4.98 Å². The van der Waals surface area contributed by atoms with Crippen LogP contribution in [0.15, 0.2) is 30.9 Å². The monoisotopic (exact) mass is 163 g/mol. The van der Waals surface area contributed by atoms with Gasteiger partial charge in [-0.3, -0.25) is 0 Å². The molecule has 2 rings (SSSR count). The fourth-order valence-electron chi connectivity index (χ4n) is 1.02. The normalized spacial score (nSPS) is 10.3. The van der Waals surface area contributed by atoms with Crippen LogP contribution >= 0.6 is 0 Å². The molecule has 0 unspecified atom stereocenters. The highest BCUT2D eigenvalue weighted by Gasteiger charge is 2.08. The van der Waals surface area contributed by atoms with Crippen molar-refractivity contribution in [3.05, 3.63) is 41.3 Å². The number of nitrogens with zero attached hydrogens (tertiary/aromatic N) is 3. The Morgan fingerprint density at radius 1 is 1.33 bits per heavy atom. The maximum Gasteiger partial charge on any atom is 0.431 e. The molecule has 2 heterocycles. The molecule has 0 radical (unpaired) electrons. The quantitative estimate of drug-likeness (QED) is 0.388. The van der Waals surface area contributed by atoms with Gasteiger partial charge >= 0.3 is 12.0 Å². The third kappa shape index (κ3) is 0.914. The van der Waals surface area contributed by atoms with Crippen molar-refractivity contribution in [2.45, 2.75) is 0 Å². The van der Waals surface area contributed by atoms with Gasteiger partial charge in [0.15, 0.2) is 0 Å². The molecule has 2 aromatic rings. The van der Waals surface area contributed by atoms with Crippen molar-refractivity contribution in [3.8, 4) is 0 Å².